The maximum Gasteiger partial charge on any atom is 0.287 e. The predicted octanol–water partition coefficient (Wildman–Crippen LogP) is 2.43. The second kappa shape index (κ2) is 8.27. The number of hydrogen-bond acceptors (Lipinski definition) is 7. The van der Waals surface area contributed by atoms with Crippen molar-refractivity contribution >= 4 is 16.9 Å². The number of benzene rings is 1. The van der Waals surface area contributed by atoms with Gasteiger partial charge in [-0.15, -0.1) is 0 Å². The number of nitrogens with one attached hydrogen (secondary N) is 1. The first-order chi connectivity index (χ1) is 15.6. The number of hydrogen-bond donors (Lipinski definition) is 1. The Bertz CT molecular complexity index is 1330. The van der Waals surface area contributed by atoms with E-state index in [9.17, 15) is 9.59 Å². The second-order valence-corrected chi connectivity index (χ2v) is 7.41. The summed E-state index contributed by atoms with van der Waals surface area (Å²) in [4.78, 5) is 29.5. The second-order valence-electron chi connectivity index (χ2n) is 7.41. The summed E-state index contributed by atoms with van der Waals surface area (Å²) in [5.41, 5.74) is 1.70. The largest absolute Gasteiger partial charge is 0.493 e. The van der Waals surface area contributed by atoms with Crippen molar-refractivity contribution in [2.45, 2.75) is 12.1 Å². The Kier molecular flexibility index (Phi) is 5.16. The number of carbonyl (C=O) groups is 1. The van der Waals surface area contributed by atoms with E-state index >= 15 is 0 Å². The molecule has 1 saturated heterocycles. The molecule has 0 spiro atoms. The molecule has 0 radical (unpaired) electrons. The maximum atomic E-state index is 12.9. The number of para-hydroxylation sites is 1. The van der Waals surface area contributed by atoms with E-state index in [1.807, 2.05) is 24.3 Å². The minimum absolute atomic E-state index is 0.154. The van der Waals surface area contributed by atoms with E-state index in [0.717, 1.165) is 10.9 Å². The summed E-state index contributed by atoms with van der Waals surface area (Å²) in [6.45, 7) is 0.513. The van der Waals surface area contributed by atoms with Crippen LogP contribution in [0, 0.1) is 0 Å². The molecule has 9 nitrogen and oxygen atoms in total. The molecule has 0 saturated carbocycles. The first-order valence-corrected chi connectivity index (χ1v) is 10.1. The summed E-state index contributed by atoms with van der Waals surface area (Å²) < 4.78 is 18.0. The number of methoxy groups -OCH3 is 1. The number of aromatic nitrogens is 3. The van der Waals surface area contributed by atoms with Crippen molar-refractivity contribution in [1.82, 2.24) is 20.1 Å². The van der Waals surface area contributed by atoms with Crippen molar-refractivity contribution in [1.29, 1.82) is 0 Å². The van der Waals surface area contributed by atoms with Gasteiger partial charge in [-0.25, -0.2) is 4.68 Å². The molecule has 3 aromatic heterocycles. The molecule has 1 aromatic carbocycles. The highest BCUT2D eigenvalue weighted by Gasteiger charge is 2.33. The molecule has 4 aromatic rings. The van der Waals surface area contributed by atoms with E-state index in [1.165, 1.54) is 10.7 Å². The van der Waals surface area contributed by atoms with Crippen LogP contribution in [0.1, 0.15) is 16.6 Å². The van der Waals surface area contributed by atoms with Crippen LogP contribution in [0.5, 0.6) is 5.75 Å². The third kappa shape index (κ3) is 3.63. The van der Waals surface area contributed by atoms with Crippen LogP contribution in [0.3, 0.4) is 0 Å². The van der Waals surface area contributed by atoms with Crippen molar-refractivity contribution in [2.75, 3.05) is 20.3 Å². The van der Waals surface area contributed by atoms with Gasteiger partial charge in [0, 0.05) is 29.4 Å². The highest BCUT2D eigenvalue weighted by atomic mass is 16.5. The van der Waals surface area contributed by atoms with Crippen LogP contribution in [0.2, 0.25) is 0 Å². The van der Waals surface area contributed by atoms with E-state index in [2.05, 4.69) is 15.4 Å². The van der Waals surface area contributed by atoms with Crippen molar-refractivity contribution in [3.63, 3.8) is 0 Å². The Labute approximate surface area is 182 Å². The topological polar surface area (TPSA) is 108 Å². The van der Waals surface area contributed by atoms with Gasteiger partial charge in [-0.05, 0) is 30.3 Å². The molecule has 0 bridgehead atoms. The fourth-order valence-electron chi connectivity index (χ4n) is 3.81. The van der Waals surface area contributed by atoms with Gasteiger partial charge < -0.3 is 19.2 Å². The molecule has 9 heteroatoms. The number of pyridine rings is 1. The monoisotopic (exact) mass is 432 g/mol. The third-order valence-corrected chi connectivity index (χ3v) is 5.43. The molecule has 1 aliphatic rings. The fourth-order valence-corrected chi connectivity index (χ4v) is 3.81. The first-order valence-electron chi connectivity index (χ1n) is 10.1. The summed E-state index contributed by atoms with van der Waals surface area (Å²) in [5, 5.41) is 8.20. The molecule has 4 heterocycles. The zero-order valence-electron chi connectivity index (χ0n) is 17.2. The summed E-state index contributed by atoms with van der Waals surface area (Å²) in [6.07, 6.45) is 3.33. The molecule has 32 heavy (non-hydrogen) atoms. The molecule has 162 valence electrons. The minimum Gasteiger partial charge on any atom is -0.493 e. The SMILES string of the molecule is COc1cccc2cc(C(=O)NC3COCC3n3nc(-c4ccncc4)ccc3=O)oc12. The third-order valence-electron chi connectivity index (χ3n) is 5.43. The summed E-state index contributed by atoms with van der Waals surface area (Å²) in [5.74, 6) is 0.301. The van der Waals surface area contributed by atoms with Crippen molar-refractivity contribution in [3.05, 3.63) is 77.0 Å². The van der Waals surface area contributed by atoms with Crippen molar-refractivity contribution in [3.8, 4) is 17.0 Å². The molecule has 0 aliphatic carbocycles. The normalized spacial score (nSPS) is 18.0. The van der Waals surface area contributed by atoms with Gasteiger partial charge in [-0.2, -0.15) is 5.10 Å². The fraction of sp³-hybridized carbons (Fsp3) is 0.217. The Hall–Kier alpha value is -3.98. The van der Waals surface area contributed by atoms with Gasteiger partial charge in [0.2, 0.25) is 0 Å². The van der Waals surface area contributed by atoms with Crippen molar-refractivity contribution in [2.24, 2.45) is 0 Å². The molecule has 2 atom stereocenters. The van der Waals surface area contributed by atoms with Crippen LogP contribution in [-0.2, 0) is 4.74 Å². The lowest BCUT2D eigenvalue weighted by molar-refractivity contribution is 0.0898. The highest BCUT2D eigenvalue weighted by Crippen LogP contribution is 2.29. The number of ether oxygens (including phenoxy) is 2. The number of furan rings is 1. The number of amides is 1. The molecule has 2 unspecified atom stereocenters. The zero-order chi connectivity index (χ0) is 22.1. The van der Waals surface area contributed by atoms with Crippen LogP contribution < -0.4 is 15.6 Å². The van der Waals surface area contributed by atoms with Crippen LogP contribution in [0.15, 0.2) is 70.1 Å². The average molecular weight is 432 g/mol. The standard InChI is InChI=1S/C23H20N4O5/c1-30-19-4-2-3-15-11-20(32-22(15)19)23(29)25-17-12-31-13-18(17)27-21(28)6-5-16(26-27)14-7-9-24-10-8-14/h2-11,17-18H,12-13H2,1H3,(H,25,29). The van der Waals surface area contributed by atoms with Gasteiger partial charge in [0.25, 0.3) is 11.5 Å². The Morgan fingerprint density at radius 1 is 1.16 bits per heavy atom. The van der Waals surface area contributed by atoms with E-state index in [0.29, 0.717) is 17.0 Å². The number of fused-ring (bicyclic) bond motifs is 1. The molecule has 1 aliphatic heterocycles. The zero-order valence-corrected chi connectivity index (χ0v) is 17.2. The minimum atomic E-state index is -0.452. The van der Waals surface area contributed by atoms with E-state index in [1.54, 1.807) is 37.7 Å². The van der Waals surface area contributed by atoms with Crippen LogP contribution in [0.25, 0.3) is 22.2 Å². The van der Waals surface area contributed by atoms with Crippen LogP contribution >= 0.6 is 0 Å². The molecular weight excluding hydrogens is 412 g/mol. The Morgan fingerprint density at radius 3 is 2.81 bits per heavy atom. The van der Waals surface area contributed by atoms with Gasteiger partial charge in [0.15, 0.2) is 17.1 Å². The van der Waals surface area contributed by atoms with Crippen LogP contribution in [0.4, 0.5) is 0 Å². The van der Waals surface area contributed by atoms with Gasteiger partial charge in [-0.3, -0.25) is 14.6 Å². The molecular formula is C23H20N4O5. The van der Waals surface area contributed by atoms with Crippen LogP contribution in [-0.4, -0.2) is 47.0 Å². The number of nitrogens with zero attached hydrogens (tertiary/aromatic N) is 3. The lowest BCUT2D eigenvalue weighted by Gasteiger charge is -2.20. The van der Waals surface area contributed by atoms with Gasteiger partial charge >= 0.3 is 0 Å². The van der Waals surface area contributed by atoms with Crippen molar-refractivity contribution < 1.29 is 18.7 Å². The average Bonchev–Trinajstić information content (AvgIpc) is 3.47. The Balaban J connectivity index is 1.41. The van der Waals surface area contributed by atoms with Gasteiger partial charge in [0.05, 0.1) is 32.1 Å². The lowest BCUT2D eigenvalue weighted by atomic mass is 10.1. The Morgan fingerprint density at radius 2 is 2.00 bits per heavy atom. The number of rotatable bonds is 5. The quantitative estimate of drug-likeness (QED) is 0.516. The first kappa shape index (κ1) is 20.0. The number of carbonyl (C=O) groups excluding carboxylic acids is 1. The lowest BCUT2D eigenvalue weighted by Crippen LogP contribution is -2.44. The van der Waals surface area contributed by atoms with Gasteiger partial charge in [0.1, 0.15) is 6.04 Å². The van der Waals surface area contributed by atoms with E-state index in [4.69, 9.17) is 13.9 Å². The molecule has 1 amide bonds. The van der Waals surface area contributed by atoms with Gasteiger partial charge in [-0.1, -0.05) is 12.1 Å². The smallest absolute Gasteiger partial charge is 0.287 e. The molecule has 1 fully saturated rings. The van der Waals surface area contributed by atoms with E-state index in [-0.39, 0.29) is 24.5 Å². The summed E-state index contributed by atoms with van der Waals surface area (Å²) in [7, 11) is 1.54. The molecule has 5 rings (SSSR count). The maximum absolute atomic E-state index is 12.9. The summed E-state index contributed by atoms with van der Waals surface area (Å²) >= 11 is 0. The van der Waals surface area contributed by atoms with E-state index < -0.39 is 18.0 Å². The summed E-state index contributed by atoms with van der Waals surface area (Å²) in [6, 6.07) is 13.0. The molecule has 1 N–H and O–H groups in total. The predicted molar refractivity (Wildman–Crippen MR) is 116 cm³/mol. The highest BCUT2D eigenvalue weighted by molar-refractivity contribution is 5.97.